The molecule has 13 nitrogen and oxygen atoms in total. The van der Waals surface area contributed by atoms with Crippen molar-refractivity contribution in [1.82, 2.24) is 20.6 Å². The summed E-state index contributed by atoms with van der Waals surface area (Å²) in [6, 6.07) is 3.39. The minimum atomic E-state index is -1.36. The van der Waals surface area contributed by atoms with Crippen LogP contribution in [0.3, 0.4) is 0 Å². The van der Waals surface area contributed by atoms with E-state index in [1.165, 1.54) is 6.07 Å². The third-order valence-corrected chi connectivity index (χ3v) is 6.58. The number of carboxylic acids is 2. The van der Waals surface area contributed by atoms with Crippen LogP contribution < -0.4 is 26.8 Å². The number of anilines is 2. The number of carbonyl (C=O) groups excluding carboxylic acids is 2. The van der Waals surface area contributed by atoms with Crippen molar-refractivity contribution in [2.45, 2.75) is 52.6 Å². The van der Waals surface area contributed by atoms with E-state index in [1.54, 1.807) is 32.9 Å². The first kappa shape index (κ1) is 30.6. The molecule has 7 N–H and O–H groups in total. The zero-order chi connectivity index (χ0) is 29.6. The predicted molar refractivity (Wildman–Crippen MR) is 148 cm³/mol. The SMILES string of the molecule is CC(C)(C)C(=O)Nc1nc2c(c(=O)[nH]1)CC(CNCc1ccc(C(=O)NC(CCC(=O)O)C(=O)O)c(Cl)c1)CN2. The summed E-state index contributed by atoms with van der Waals surface area (Å²) < 4.78 is 0. The summed E-state index contributed by atoms with van der Waals surface area (Å²) >= 11 is 6.27. The molecule has 2 unspecified atom stereocenters. The van der Waals surface area contributed by atoms with Gasteiger partial charge in [-0.2, -0.15) is 4.98 Å². The smallest absolute Gasteiger partial charge is 0.326 e. The zero-order valence-electron chi connectivity index (χ0n) is 22.4. The van der Waals surface area contributed by atoms with Gasteiger partial charge in [-0.25, -0.2) is 4.79 Å². The van der Waals surface area contributed by atoms with E-state index in [2.05, 4.69) is 31.2 Å². The molecule has 14 heteroatoms. The standard InChI is InChI=1S/C26H33ClN6O7/c1-26(2,3)24(40)33-25-31-20-16(22(37)32-25)8-14(12-29-20)11-28-10-13-4-5-15(17(27)9-13)21(36)30-18(23(38)39)6-7-19(34)35/h4-5,9,14,18,28H,6-8,10-12H2,1-3H3,(H,30,36)(H,34,35)(H,38,39)(H3,29,31,32,33,37,40). The van der Waals surface area contributed by atoms with Gasteiger partial charge in [-0.05, 0) is 36.5 Å². The summed E-state index contributed by atoms with van der Waals surface area (Å²) in [5.74, 6) is -2.85. The van der Waals surface area contributed by atoms with E-state index in [-0.39, 0.29) is 40.3 Å². The maximum absolute atomic E-state index is 12.6. The lowest BCUT2D eigenvalue weighted by molar-refractivity contribution is -0.140. The minimum Gasteiger partial charge on any atom is -0.481 e. The highest BCUT2D eigenvalue weighted by Crippen LogP contribution is 2.22. The Balaban J connectivity index is 1.54. The van der Waals surface area contributed by atoms with Crippen LogP contribution in [0.4, 0.5) is 11.8 Å². The van der Waals surface area contributed by atoms with Gasteiger partial charge in [-0.1, -0.05) is 38.4 Å². The van der Waals surface area contributed by atoms with Gasteiger partial charge in [0.1, 0.15) is 11.9 Å². The highest BCUT2D eigenvalue weighted by Gasteiger charge is 2.26. The Kier molecular flexibility index (Phi) is 9.88. The third-order valence-electron chi connectivity index (χ3n) is 6.27. The molecule has 1 aromatic heterocycles. The van der Waals surface area contributed by atoms with Crippen LogP contribution in [0.2, 0.25) is 5.02 Å². The molecule has 0 bridgehead atoms. The number of carbonyl (C=O) groups is 4. The van der Waals surface area contributed by atoms with Crippen molar-refractivity contribution < 1.29 is 29.4 Å². The number of hydrogen-bond acceptors (Lipinski definition) is 8. The van der Waals surface area contributed by atoms with Crippen LogP contribution in [0.1, 0.15) is 55.1 Å². The summed E-state index contributed by atoms with van der Waals surface area (Å²) in [5, 5.41) is 29.5. The summed E-state index contributed by atoms with van der Waals surface area (Å²) in [7, 11) is 0. The second-order valence-corrected chi connectivity index (χ2v) is 11.0. The number of hydrogen-bond donors (Lipinski definition) is 7. The number of aromatic nitrogens is 2. The predicted octanol–water partition coefficient (Wildman–Crippen LogP) is 1.83. The van der Waals surface area contributed by atoms with E-state index in [0.717, 1.165) is 5.56 Å². The Labute approximate surface area is 235 Å². The van der Waals surface area contributed by atoms with Gasteiger partial charge in [-0.15, -0.1) is 0 Å². The van der Waals surface area contributed by atoms with Crippen molar-refractivity contribution in [3.05, 3.63) is 50.3 Å². The lowest BCUT2D eigenvalue weighted by Gasteiger charge is -2.25. The highest BCUT2D eigenvalue weighted by atomic mass is 35.5. The Morgan fingerprint density at radius 3 is 2.55 bits per heavy atom. The first-order chi connectivity index (χ1) is 18.7. The van der Waals surface area contributed by atoms with Crippen LogP contribution in [0.5, 0.6) is 0 Å². The summed E-state index contributed by atoms with van der Waals surface area (Å²) in [6.45, 7) is 6.84. The molecule has 216 valence electrons. The van der Waals surface area contributed by atoms with Crippen molar-refractivity contribution >= 4 is 47.1 Å². The van der Waals surface area contributed by atoms with E-state index >= 15 is 0 Å². The molecule has 3 rings (SSSR count). The molecular weight excluding hydrogens is 544 g/mol. The zero-order valence-corrected chi connectivity index (χ0v) is 23.1. The summed E-state index contributed by atoms with van der Waals surface area (Å²) in [5.41, 5.74) is 0.408. The maximum atomic E-state index is 12.6. The summed E-state index contributed by atoms with van der Waals surface area (Å²) in [6.07, 6.45) is -0.176. The molecule has 2 aromatic rings. The number of H-pyrrole nitrogens is 1. The average molecular weight is 577 g/mol. The van der Waals surface area contributed by atoms with Crippen LogP contribution in [0, 0.1) is 11.3 Å². The molecule has 0 radical (unpaired) electrons. The largest absolute Gasteiger partial charge is 0.481 e. The Morgan fingerprint density at radius 1 is 1.20 bits per heavy atom. The third kappa shape index (κ3) is 8.26. The second kappa shape index (κ2) is 12.9. The van der Waals surface area contributed by atoms with Gasteiger partial charge in [-0.3, -0.25) is 29.5 Å². The molecule has 2 heterocycles. The Morgan fingerprint density at radius 2 is 1.93 bits per heavy atom. The number of aliphatic carboxylic acids is 2. The lowest BCUT2D eigenvalue weighted by Crippen LogP contribution is -2.41. The molecule has 0 aliphatic carbocycles. The molecule has 1 aliphatic rings. The van der Waals surface area contributed by atoms with Crippen molar-refractivity contribution in [2.75, 3.05) is 23.7 Å². The monoisotopic (exact) mass is 576 g/mol. The molecule has 0 saturated carbocycles. The fourth-order valence-electron chi connectivity index (χ4n) is 3.97. The number of halogens is 1. The molecule has 0 spiro atoms. The number of rotatable bonds is 11. The number of nitrogens with one attached hydrogen (secondary N) is 5. The van der Waals surface area contributed by atoms with Crippen molar-refractivity contribution in [3.63, 3.8) is 0 Å². The fourth-order valence-corrected chi connectivity index (χ4v) is 4.26. The number of amides is 2. The van der Waals surface area contributed by atoms with E-state index < -0.39 is 35.7 Å². The highest BCUT2D eigenvalue weighted by molar-refractivity contribution is 6.34. The first-order valence-electron chi connectivity index (χ1n) is 12.7. The molecule has 0 saturated heterocycles. The van der Waals surface area contributed by atoms with E-state index in [4.69, 9.17) is 16.7 Å². The summed E-state index contributed by atoms with van der Waals surface area (Å²) in [4.78, 5) is 66.4. The minimum absolute atomic E-state index is 0.0739. The second-order valence-electron chi connectivity index (χ2n) is 10.6. The fraction of sp³-hybridized carbons (Fsp3) is 0.462. The van der Waals surface area contributed by atoms with Crippen LogP contribution in [-0.2, 0) is 27.3 Å². The number of carboxylic acid groups (broad SMARTS) is 2. The molecule has 40 heavy (non-hydrogen) atoms. The normalized spacial score (nSPS) is 15.3. The Hall–Kier alpha value is -3.97. The van der Waals surface area contributed by atoms with E-state index in [1.807, 2.05) is 0 Å². The molecule has 2 atom stereocenters. The number of benzene rings is 1. The number of fused-ring (bicyclic) bond motifs is 1. The molecule has 1 aliphatic heterocycles. The van der Waals surface area contributed by atoms with Crippen LogP contribution in [0.15, 0.2) is 23.0 Å². The topological polar surface area (TPSA) is 203 Å². The average Bonchev–Trinajstić information content (AvgIpc) is 2.86. The van der Waals surface area contributed by atoms with Gasteiger partial charge in [0.05, 0.1) is 16.1 Å². The van der Waals surface area contributed by atoms with E-state index in [0.29, 0.717) is 37.4 Å². The van der Waals surface area contributed by atoms with Gasteiger partial charge in [0, 0.05) is 31.5 Å². The van der Waals surface area contributed by atoms with Crippen LogP contribution >= 0.6 is 11.6 Å². The quantitative estimate of drug-likeness (QED) is 0.207. The lowest BCUT2D eigenvalue weighted by atomic mass is 9.96. The first-order valence-corrected chi connectivity index (χ1v) is 13.1. The van der Waals surface area contributed by atoms with E-state index in [9.17, 15) is 29.1 Å². The number of nitrogens with zero attached hydrogens (tertiary/aromatic N) is 1. The number of aromatic amines is 1. The van der Waals surface area contributed by atoms with Gasteiger partial charge >= 0.3 is 11.9 Å². The van der Waals surface area contributed by atoms with Crippen molar-refractivity contribution in [1.29, 1.82) is 0 Å². The molecule has 1 aromatic carbocycles. The molecule has 0 fully saturated rings. The van der Waals surface area contributed by atoms with Gasteiger partial charge in [0.15, 0.2) is 0 Å². The maximum Gasteiger partial charge on any atom is 0.326 e. The van der Waals surface area contributed by atoms with Crippen molar-refractivity contribution in [3.8, 4) is 0 Å². The van der Waals surface area contributed by atoms with Crippen LogP contribution in [-0.4, -0.2) is 63.1 Å². The van der Waals surface area contributed by atoms with Crippen molar-refractivity contribution in [2.24, 2.45) is 11.3 Å². The molecule has 2 amide bonds. The molecular formula is C26H33ClN6O7. The van der Waals surface area contributed by atoms with Gasteiger partial charge in [0.2, 0.25) is 11.9 Å². The van der Waals surface area contributed by atoms with Crippen LogP contribution in [0.25, 0.3) is 0 Å². The van der Waals surface area contributed by atoms with Gasteiger partial charge in [0.25, 0.3) is 11.5 Å². The van der Waals surface area contributed by atoms with Gasteiger partial charge < -0.3 is 26.2 Å². The Bertz CT molecular complexity index is 1350.